The average molecular weight is 264 g/mol. The number of benzene rings is 2. The molecule has 1 heterocycles. The van der Waals surface area contributed by atoms with Gasteiger partial charge >= 0.3 is 0 Å². The highest BCUT2D eigenvalue weighted by atomic mass is 16.3. The lowest BCUT2D eigenvalue weighted by molar-refractivity contribution is 0.102. The van der Waals surface area contributed by atoms with Crippen LogP contribution in [0.4, 0.5) is 5.69 Å². The second-order valence-corrected chi connectivity index (χ2v) is 4.37. The number of nitrogens with one attached hydrogen (secondary N) is 1. The molecule has 0 saturated heterocycles. The van der Waals surface area contributed by atoms with E-state index in [4.69, 9.17) is 0 Å². The number of amides is 1. The third-order valence-electron chi connectivity index (χ3n) is 3.08. The number of aromatic nitrogens is 1. The number of phenols is 1. The molecule has 0 saturated carbocycles. The topological polar surface area (TPSA) is 62.2 Å². The summed E-state index contributed by atoms with van der Waals surface area (Å²) in [6.45, 7) is 0. The van der Waals surface area contributed by atoms with Crippen LogP contribution in [0.5, 0.6) is 5.75 Å². The quantitative estimate of drug-likeness (QED) is 0.747. The van der Waals surface area contributed by atoms with E-state index in [-0.39, 0.29) is 17.2 Å². The number of rotatable bonds is 2. The molecule has 98 valence electrons. The molecule has 0 fully saturated rings. The standard InChI is InChI=1S/C16H12N2O2/c19-15-7-2-1-5-12(15)16(20)18-14-6-3-4-11-8-9-17-10-13(11)14/h1-10,19H,(H,18,20). The zero-order valence-electron chi connectivity index (χ0n) is 10.6. The van der Waals surface area contributed by atoms with Gasteiger partial charge in [-0.05, 0) is 29.7 Å². The van der Waals surface area contributed by atoms with Crippen LogP contribution in [-0.2, 0) is 0 Å². The fourth-order valence-electron chi connectivity index (χ4n) is 2.08. The van der Waals surface area contributed by atoms with Gasteiger partial charge in [-0.1, -0.05) is 24.3 Å². The third-order valence-corrected chi connectivity index (χ3v) is 3.08. The summed E-state index contributed by atoms with van der Waals surface area (Å²) < 4.78 is 0. The molecule has 20 heavy (non-hydrogen) atoms. The maximum absolute atomic E-state index is 12.2. The van der Waals surface area contributed by atoms with Crippen molar-refractivity contribution in [1.82, 2.24) is 4.98 Å². The maximum atomic E-state index is 12.2. The van der Waals surface area contributed by atoms with Crippen LogP contribution in [0.2, 0.25) is 0 Å². The lowest BCUT2D eigenvalue weighted by atomic mass is 10.1. The van der Waals surface area contributed by atoms with E-state index >= 15 is 0 Å². The molecule has 0 aliphatic heterocycles. The number of carbonyl (C=O) groups is 1. The van der Waals surface area contributed by atoms with Crippen LogP contribution in [0.15, 0.2) is 60.9 Å². The van der Waals surface area contributed by atoms with Crippen LogP contribution in [0.25, 0.3) is 10.8 Å². The Morgan fingerprint density at radius 2 is 1.90 bits per heavy atom. The number of hydrogen-bond acceptors (Lipinski definition) is 3. The number of pyridine rings is 1. The fraction of sp³-hybridized carbons (Fsp3) is 0. The van der Waals surface area contributed by atoms with E-state index in [1.807, 2.05) is 24.3 Å². The average Bonchev–Trinajstić information content (AvgIpc) is 2.48. The van der Waals surface area contributed by atoms with E-state index in [1.165, 1.54) is 6.07 Å². The molecule has 4 heteroatoms. The Kier molecular flexibility index (Phi) is 3.05. The van der Waals surface area contributed by atoms with Gasteiger partial charge in [0.25, 0.3) is 5.91 Å². The van der Waals surface area contributed by atoms with Crippen LogP contribution in [-0.4, -0.2) is 16.0 Å². The molecule has 1 amide bonds. The minimum atomic E-state index is -0.348. The molecule has 4 nitrogen and oxygen atoms in total. The van der Waals surface area contributed by atoms with Gasteiger partial charge in [-0.2, -0.15) is 0 Å². The second kappa shape index (κ2) is 5.01. The lowest BCUT2D eigenvalue weighted by Crippen LogP contribution is -2.12. The molecular weight excluding hydrogens is 252 g/mol. The second-order valence-electron chi connectivity index (χ2n) is 4.37. The van der Waals surface area contributed by atoms with Gasteiger partial charge in [-0.25, -0.2) is 0 Å². The normalized spacial score (nSPS) is 10.4. The minimum Gasteiger partial charge on any atom is -0.507 e. The van der Waals surface area contributed by atoms with Crippen molar-refractivity contribution in [3.8, 4) is 5.75 Å². The first-order valence-electron chi connectivity index (χ1n) is 6.18. The van der Waals surface area contributed by atoms with Crippen molar-refractivity contribution in [2.75, 3.05) is 5.32 Å². The molecule has 0 radical (unpaired) electrons. The summed E-state index contributed by atoms with van der Waals surface area (Å²) in [5.41, 5.74) is 0.914. The SMILES string of the molecule is O=C(Nc1cccc2ccncc12)c1ccccc1O. The van der Waals surface area contributed by atoms with E-state index < -0.39 is 0 Å². The predicted octanol–water partition coefficient (Wildman–Crippen LogP) is 3.19. The van der Waals surface area contributed by atoms with Crippen LogP contribution >= 0.6 is 0 Å². The molecule has 0 spiro atoms. The van der Waals surface area contributed by atoms with Crippen LogP contribution in [0, 0.1) is 0 Å². The first-order chi connectivity index (χ1) is 9.75. The number of aromatic hydroxyl groups is 1. The van der Waals surface area contributed by atoms with Gasteiger partial charge in [0.2, 0.25) is 0 Å². The number of nitrogens with zero attached hydrogens (tertiary/aromatic N) is 1. The summed E-state index contributed by atoms with van der Waals surface area (Å²) in [6.07, 6.45) is 3.41. The smallest absolute Gasteiger partial charge is 0.259 e. The van der Waals surface area contributed by atoms with Gasteiger partial charge in [0.15, 0.2) is 0 Å². The molecule has 0 aliphatic carbocycles. The number of hydrogen-bond donors (Lipinski definition) is 2. The Balaban J connectivity index is 1.98. The van der Waals surface area contributed by atoms with E-state index in [9.17, 15) is 9.90 Å². The minimum absolute atomic E-state index is 0.0386. The van der Waals surface area contributed by atoms with Crippen molar-refractivity contribution >= 4 is 22.4 Å². The Hall–Kier alpha value is -2.88. The molecule has 0 aliphatic rings. The van der Waals surface area contributed by atoms with Crippen molar-refractivity contribution in [2.24, 2.45) is 0 Å². The monoisotopic (exact) mass is 264 g/mol. The lowest BCUT2D eigenvalue weighted by Gasteiger charge is -2.09. The molecule has 0 atom stereocenters. The summed E-state index contributed by atoms with van der Waals surface area (Å²) in [6, 6.07) is 13.9. The van der Waals surface area contributed by atoms with Crippen LogP contribution < -0.4 is 5.32 Å². The summed E-state index contributed by atoms with van der Waals surface area (Å²) in [4.78, 5) is 16.3. The van der Waals surface area contributed by atoms with Crippen molar-refractivity contribution in [1.29, 1.82) is 0 Å². The molecule has 3 rings (SSSR count). The fourth-order valence-corrected chi connectivity index (χ4v) is 2.08. The van der Waals surface area contributed by atoms with Crippen molar-refractivity contribution in [2.45, 2.75) is 0 Å². The zero-order chi connectivity index (χ0) is 13.9. The number of anilines is 1. The molecule has 2 aromatic carbocycles. The molecule has 0 unspecified atom stereocenters. The third kappa shape index (κ3) is 2.19. The van der Waals surface area contributed by atoms with Crippen molar-refractivity contribution in [3.63, 3.8) is 0 Å². The number of para-hydroxylation sites is 1. The van der Waals surface area contributed by atoms with E-state index in [1.54, 1.807) is 30.6 Å². The Morgan fingerprint density at radius 3 is 2.75 bits per heavy atom. The highest BCUT2D eigenvalue weighted by molar-refractivity contribution is 6.10. The molecule has 0 bridgehead atoms. The first kappa shape index (κ1) is 12.2. The molecule has 1 aromatic heterocycles. The van der Waals surface area contributed by atoms with Gasteiger partial charge < -0.3 is 10.4 Å². The highest BCUT2D eigenvalue weighted by Gasteiger charge is 2.11. The highest BCUT2D eigenvalue weighted by Crippen LogP contribution is 2.24. The van der Waals surface area contributed by atoms with Gasteiger partial charge in [0.1, 0.15) is 5.75 Å². The summed E-state index contributed by atoms with van der Waals surface area (Å²) in [5, 5.41) is 14.4. The Labute approximate surface area is 115 Å². The Bertz CT molecular complexity index is 779. The zero-order valence-corrected chi connectivity index (χ0v) is 10.6. The molecule has 2 N–H and O–H groups in total. The maximum Gasteiger partial charge on any atom is 0.259 e. The van der Waals surface area contributed by atoms with E-state index in [0.29, 0.717) is 5.69 Å². The summed E-state index contributed by atoms with van der Waals surface area (Å²) in [7, 11) is 0. The summed E-state index contributed by atoms with van der Waals surface area (Å²) >= 11 is 0. The summed E-state index contributed by atoms with van der Waals surface area (Å²) in [5.74, 6) is -0.386. The number of fused-ring (bicyclic) bond motifs is 1. The Morgan fingerprint density at radius 1 is 1.05 bits per heavy atom. The number of carbonyl (C=O) groups excluding carboxylic acids is 1. The van der Waals surface area contributed by atoms with Crippen molar-refractivity contribution in [3.05, 3.63) is 66.5 Å². The van der Waals surface area contributed by atoms with E-state index in [2.05, 4.69) is 10.3 Å². The van der Waals surface area contributed by atoms with E-state index in [0.717, 1.165) is 10.8 Å². The largest absolute Gasteiger partial charge is 0.507 e. The van der Waals surface area contributed by atoms with Gasteiger partial charge in [0, 0.05) is 17.8 Å². The van der Waals surface area contributed by atoms with Gasteiger partial charge in [-0.15, -0.1) is 0 Å². The van der Waals surface area contributed by atoms with Gasteiger partial charge in [0.05, 0.1) is 11.3 Å². The van der Waals surface area contributed by atoms with Crippen LogP contribution in [0.1, 0.15) is 10.4 Å². The van der Waals surface area contributed by atoms with Crippen LogP contribution in [0.3, 0.4) is 0 Å². The first-order valence-corrected chi connectivity index (χ1v) is 6.18. The molecule has 3 aromatic rings. The number of phenolic OH excluding ortho intramolecular Hbond substituents is 1. The van der Waals surface area contributed by atoms with Crippen molar-refractivity contribution < 1.29 is 9.90 Å². The molecular formula is C16H12N2O2. The predicted molar refractivity (Wildman–Crippen MR) is 77.8 cm³/mol. The van der Waals surface area contributed by atoms with Gasteiger partial charge in [-0.3, -0.25) is 9.78 Å².